The van der Waals surface area contributed by atoms with Gasteiger partial charge in [0.25, 0.3) is 0 Å². The zero-order chi connectivity index (χ0) is 11.4. The number of piperidine rings is 1. The van der Waals surface area contributed by atoms with Crippen molar-refractivity contribution in [1.29, 1.82) is 5.26 Å². The summed E-state index contributed by atoms with van der Waals surface area (Å²) in [5.41, 5.74) is -0.156. The van der Waals surface area contributed by atoms with Gasteiger partial charge in [-0.15, -0.1) is 0 Å². The molecule has 2 aliphatic rings. The Bertz CT molecular complexity index is 357. The quantitative estimate of drug-likeness (QED) is 0.631. The van der Waals surface area contributed by atoms with Gasteiger partial charge >= 0.3 is 0 Å². The Hall–Kier alpha value is -1.37. The lowest BCUT2D eigenvalue weighted by atomic mass is 10.0. The minimum Gasteiger partial charge on any atom is -0.278 e. The van der Waals surface area contributed by atoms with E-state index in [9.17, 15) is 9.59 Å². The average molecular weight is 206 g/mol. The molecule has 2 rings (SSSR count). The Kier molecular flexibility index (Phi) is 1.91. The van der Waals surface area contributed by atoms with Gasteiger partial charge in [0.15, 0.2) is 0 Å². The minimum atomic E-state index is -0.279. The van der Waals surface area contributed by atoms with Gasteiger partial charge in [0.1, 0.15) is 0 Å². The van der Waals surface area contributed by atoms with Gasteiger partial charge < -0.3 is 0 Å². The van der Waals surface area contributed by atoms with E-state index in [0.717, 1.165) is 0 Å². The van der Waals surface area contributed by atoms with Crippen molar-refractivity contribution in [3.8, 4) is 6.07 Å². The zero-order valence-corrected chi connectivity index (χ0v) is 9.15. The largest absolute Gasteiger partial charge is 0.278 e. The molecule has 15 heavy (non-hydrogen) atoms. The Labute approximate surface area is 88.9 Å². The third kappa shape index (κ3) is 1.12. The number of carbonyl (C=O) groups is 2. The highest BCUT2D eigenvalue weighted by atomic mass is 16.2. The Morgan fingerprint density at radius 1 is 1.40 bits per heavy atom. The van der Waals surface area contributed by atoms with Crippen molar-refractivity contribution in [2.45, 2.75) is 33.2 Å². The maximum Gasteiger partial charge on any atom is 0.233 e. The highest BCUT2D eigenvalue weighted by Crippen LogP contribution is 2.63. The first-order valence-corrected chi connectivity index (χ1v) is 5.16. The van der Waals surface area contributed by atoms with Crippen LogP contribution < -0.4 is 0 Å². The summed E-state index contributed by atoms with van der Waals surface area (Å²) in [6, 6.07) is 1.71. The Morgan fingerprint density at radius 2 is 1.87 bits per heavy atom. The fraction of sp³-hybridized carbons (Fsp3) is 0.727. The third-order valence-corrected chi connectivity index (χ3v) is 3.66. The van der Waals surface area contributed by atoms with Crippen LogP contribution in [0.1, 0.15) is 27.2 Å². The van der Waals surface area contributed by atoms with Crippen LogP contribution in [0.2, 0.25) is 0 Å². The molecule has 2 amide bonds. The molecule has 1 heterocycles. The second-order valence-corrected chi connectivity index (χ2v) is 5.03. The van der Waals surface area contributed by atoms with E-state index >= 15 is 0 Å². The standard InChI is InChI=1S/C11H14N2O2/c1-6(4-5-12)13-9(14)7-8(10(13)15)11(7,2)3/h6-8H,4H2,1-3H3. The number of rotatable bonds is 2. The summed E-state index contributed by atoms with van der Waals surface area (Å²) in [4.78, 5) is 25.1. The van der Waals surface area contributed by atoms with Gasteiger partial charge in [0.05, 0.1) is 24.3 Å². The van der Waals surface area contributed by atoms with Gasteiger partial charge in [-0.25, -0.2) is 0 Å². The van der Waals surface area contributed by atoms with Gasteiger partial charge in [-0.05, 0) is 12.3 Å². The van der Waals surface area contributed by atoms with E-state index in [4.69, 9.17) is 5.26 Å². The molecule has 0 radical (unpaired) electrons. The molecule has 0 aromatic carbocycles. The first-order chi connectivity index (χ1) is 6.92. The maximum absolute atomic E-state index is 11.9. The lowest BCUT2D eigenvalue weighted by molar-refractivity contribution is -0.145. The average Bonchev–Trinajstić information content (AvgIpc) is 2.56. The van der Waals surface area contributed by atoms with Crippen molar-refractivity contribution >= 4 is 11.8 Å². The molecule has 2 fully saturated rings. The van der Waals surface area contributed by atoms with Crippen LogP contribution in [0.5, 0.6) is 0 Å². The van der Waals surface area contributed by atoms with Crippen LogP contribution >= 0.6 is 0 Å². The third-order valence-electron chi connectivity index (χ3n) is 3.66. The van der Waals surface area contributed by atoms with Crippen LogP contribution in [0.15, 0.2) is 0 Å². The summed E-state index contributed by atoms with van der Waals surface area (Å²) in [6.07, 6.45) is 0.220. The molecule has 0 bridgehead atoms. The summed E-state index contributed by atoms with van der Waals surface area (Å²) >= 11 is 0. The highest BCUT2D eigenvalue weighted by Gasteiger charge is 2.72. The lowest BCUT2D eigenvalue weighted by Crippen LogP contribution is -2.42. The van der Waals surface area contributed by atoms with Gasteiger partial charge in [-0.3, -0.25) is 14.5 Å². The topological polar surface area (TPSA) is 61.2 Å². The molecule has 3 unspecified atom stereocenters. The fourth-order valence-corrected chi connectivity index (χ4v) is 2.63. The summed E-state index contributed by atoms with van der Waals surface area (Å²) in [7, 11) is 0. The van der Waals surface area contributed by atoms with Crippen molar-refractivity contribution in [2.24, 2.45) is 17.3 Å². The monoisotopic (exact) mass is 206 g/mol. The molecule has 4 nitrogen and oxygen atoms in total. The van der Waals surface area contributed by atoms with E-state index in [-0.39, 0.29) is 41.5 Å². The second-order valence-electron chi connectivity index (χ2n) is 5.03. The summed E-state index contributed by atoms with van der Waals surface area (Å²) in [5, 5.41) is 8.55. The van der Waals surface area contributed by atoms with Crippen LogP contribution in [0.3, 0.4) is 0 Å². The van der Waals surface area contributed by atoms with Crippen LogP contribution in [0, 0.1) is 28.6 Å². The maximum atomic E-state index is 11.9. The van der Waals surface area contributed by atoms with E-state index in [1.165, 1.54) is 4.90 Å². The molecule has 0 aromatic rings. The van der Waals surface area contributed by atoms with Gasteiger partial charge in [-0.2, -0.15) is 5.26 Å². The zero-order valence-electron chi connectivity index (χ0n) is 9.15. The number of hydrogen-bond acceptors (Lipinski definition) is 3. The molecule has 1 aliphatic heterocycles. The molecule has 0 N–H and O–H groups in total. The predicted octanol–water partition coefficient (Wildman–Crippen LogP) is 0.930. The lowest BCUT2D eigenvalue weighted by Gasteiger charge is -2.25. The van der Waals surface area contributed by atoms with Crippen molar-refractivity contribution in [1.82, 2.24) is 4.90 Å². The van der Waals surface area contributed by atoms with Gasteiger partial charge in [-0.1, -0.05) is 13.8 Å². The molecule has 1 saturated carbocycles. The molecule has 0 spiro atoms. The number of imide groups is 1. The molecule has 1 saturated heterocycles. The van der Waals surface area contributed by atoms with Crippen LogP contribution in [0.25, 0.3) is 0 Å². The first-order valence-electron chi connectivity index (χ1n) is 5.16. The summed E-state index contributed by atoms with van der Waals surface area (Å²) < 4.78 is 0. The number of nitrogens with zero attached hydrogens (tertiary/aromatic N) is 2. The first kappa shape index (κ1) is 10.2. The second kappa shape index (κ2) is 2.82. The number of fused-ring (bicyclic) bond motifs is 1. The van der Waals surface area contributed by atoms with E-state index in [2.05, 4.69) is 0 Å². The number of carbonyl (C=O) groups excluding carboxylic acids is 2. The molecular formula is C11H14N2O2. The van der Waals surface area contributed by atoms with Crippen molar-refractivity contribution in [3.05, 3.63) is 0 Å². The van der Waals surface area contributed by atoms with E-state index in [0.29, 0.717) is 0 Å². The molecule has 0 aromatic heterocycles. The number of amides is 2. The fourth-order valence-electron chi connectivity index (χ4n) is 2.63. The van der Waals surface area contributed by atoms with E-state index in [1.54, 1.807) is 6.92 Å². The molecule has 4 heteroatoms. The highest BCUT2D eigenvalue weighted by molar-refractivity contribution is 6.10. The smallest absolute Gasteiger partial charge is 0.233 e. The normalized spacial score (nSPS) is 33.6. The summed E-state index contributed by atoms with van der Waals surface area (Å²) in [6.45, 7) is 5.64. The minimum absolute atomic E-state index is 0.0854. The van der Waals surface area contributed by atoms with E-state index in [1.807, 2.05) is 19.9 Å². The van der Waals surface area contributed by atoms with Crippen molar-refractivity contribution < 1.29 is 9.59 Å². The van der Waals surface area contributed by atoms with Crippen molar-refractivity contribution in [2.75, 3.05) is 0 Å². The number of likely N-dealkylation sites (tertiary alicyclic amines) is 1. The van der Waals surface area contributed by atoms with Gasteiger partial charge in [0.2, 0.25) is 11.8 Å². The summed E-state index contributed by atoms with van der Waals surface area (Å²) in [5.74, 6) is -0.437. The number of hydrogen-bond donors (Lipinski definition) is 0. The molecule has 3 atom stereocenters. The SMILES string of the molecule is CC(CC#N)N1C(=O)C2C(C1=O)C2(C)C. The van der Waals surface area contributed by atoms with E-state index < -0.39 is 0 Å². The van der Waals surface area contributed by atoms with Crippen molar-refractivity contribution in [3.63, 3.8) is 0 Å². The molecular weight excluding hydrogens is 192 g/mol. The van der Waals surface area contributed by atoms with Crippen LogP contribution in [-0.4, -0.2) is 22.8 Å². The number of nitriles is 1. The van der Waals surface area contributed by atoms with Crippen LogP contribution in [0.4, 0.5) is 0 Å². The Balaban J connectivity index is 2.18. The van der Waals surface area contributed by atoms with Crippen LogP contribution in [-0.2, 0) is 9.59 Å². The Morgan fingerprint density at radius 3 is 2.27 bits per heavy atom. The van der Waals surface area contributed by atoms with Gasteiger partial charge in [0, 0.05) is 6.04 Å². The molecule has 80 valence electrons. The molecule has 1 aliphatic carbocycles. The predicted molar refractivity (Wildman–Crippen MR) is 52.3 cm³/mol.